The lowest BCUT2D eigenvalue weighted by Gasteiger charge is -2.12. The zero-order valence-electron chi connectivity index (χ0n) is 9.92. The van der Waals surface area contributed by atoms with E-state index in [4.69, 9.17) is 4.74 Å². The second kappa shape index (κ2) is 6.44. The van der Waals surface area contributed by atoms with Gasteiger partial charge in [-0.15, -0.1) is 0 Å². The molecule has 0 aliphatic heterocycles. The van der Waals surface area contributed by atoms with Crippen molar-refractivity contribution in [3.63, 3.8) is 0 Å². The van der Waals surface area contributed by atoms with E-state index < -0.39 is 4.92 Å². The summed E-state index contributed by atoms with van der Waals surface area (Å²) in [4.78, 5) is 14.1. The minimum absolute atomic E-state index is 0.223. The van der Waals surface area contributed by atoms with Gasteiger partial charge in [-0.25, -0.2) is 0 Å². The van der Waals surface area contributed by atoms with E-state index in [1.807, 2.05) is 6.92 Å². The summed E-state index contributed by atoms with van der Waals surface area (Å²) >= 11 is 4.20. The highest BCUT2D eigenvalue weighted by Crippen LogP contribution is 2.25. The van der Waals surface area contributed by atoms with Crippen molar-refractivity contribution in [1.29, 1.82) is 0 Å². The van der Waals surface area contributed by atoms with Crippen LogP contribution < -0.4 is 4.74 Å². The molecule has 0 saturated carbocycles. The van der Waals surface area contributed by atoms with Crippen LogP contribution in [0.2, 0.25) is 0 Å². The Bertz CT molecular complexity index is 394. The largest absolute Gasteiger partial charge is 0.485 e. The van der Waals surface area contributed by atoms with Gasteiger partial charge in [0.2, 0.25) is 5.75 Å². The summed E-state index contributed by atoms with van der Waals surface area (Å²) in [5, 5.41) is 10.8. The third kappa shape index (κ3) is 3.89. The molecule has 0 saturated heterocycles. The highest BCUT2D eigenvalue weighted by Gasteiger charge is 2.18. The monoisotopic (exact) mass is 256 g/mol. The molecule has 0 aromatic carbocycles. The molecule has 1 aromatic rings. The Balaban J connectivity index is 2.80. The van der Waals surface area contributed by atoms with Crippen LogP contribution in [0.5, 0.6) is 5.75 Å². The van der Waals surface area contributed by atoms with Crippen LogP contribution in [0, 0.1) is 23.0 Å². The van der Waals surface area contributed by atoms with Crippen LogP contribution in [0.3, 0.4) is 0 Å². The molecule has 0 radical (unpaired) electrons. The van der Waals surface area contributed by atoms with E-state index in [-0.39, 0.29) is 11.6 Å². The van der Waals surface area contributed by atoms with Gasteiger partial charge >= 0.3 is 5.82 Å². The number of rotatable bonds is 6. The first-order valence-corrected chi connectivity index (χ1v) is 6.07. The van der Waals surface area contributed by atoms with Crippen molar-refractivity contribution in [3.8, 4) is 5.75 Å². The maximum Gasteiger partial charge on any atom is 0.406 e. The van der Waals surface area contributed by atoms with E-state index in [2.05, 4.69) is 17.6 Å². The van der Waals surface area contributed by atoms with Crippen LogP contribution >= 0.6 is 12.6 Å². The van der Waals surface area contributed by atoms with Crippen molar-refractivity contribution in [2.75, 3.05) is 12.4 Å². The van der Waals surface area contributed by atoms with Crippen molar-refractivity contribution in [2.24, 2.45) is 5.92 Å². The summed E-state index contributed by atoms with van der Waals surface area (Å²) in [7, 11) is 0. The van der Waals surface area contributed by atoms with Gasteiger partial charge in [0, 0.05) is 12.8 Å². The first-order valence-electron chi connectivity index (χ1n) is 5.44. The van der Waals surface area contributed by atoms with Gasteiger partial charge in [0.25, 0.3) is 0 Å². The highest BCUT2D eigenvalue weighted by molar-refractivity contribution is 7.80. The third-order valence-electron chi connectivity index (χ3n) is 2.46. The first-order chi connectivity index (χ1) is 8.08. The molecule has 94 valence electrons. The molecule has 1 atom stereocenters. The Labute approximate surface area is 106 Å². The number of hydrogen-bond acceptors (Lipinski definition) is 5. The van der Waals surface area contributed by atoms with Crippen LogP contribution in [0.1, 0.15) is 19.0 Å². The van der Waals surface area contributed by atoms with E-state index >= 15 is 0 Å². The Hall–Kier alpha value is -1.30. The fraction of sp³-hybridized carbons (Fsp3) is 0.545. The Morgan fingerprint density at radius 2 is 2.29 bits per heavy atom. The third-order valence-corrected chi connectivity index (χ3v) is 2.98. The molecule has 0 amide bonds. The number of aryl methyl sites for hydroxylation is 1. The SMILES string of the molecule is CCC(CS)COc1ccc(C)nc1[N+](=O)[O-]. The number of thiol groups is 1. The molecule has 0 fully saturated rings. The van der Waals surface area contributed by atoms with E-state index in [0.717, 1.165) is 6.42 Å². The minimum atomic E-state index is -0.524. The van der Waals surface area contributed by atoms with Gasteiger partial charge in [-0.05, 0) is 34.2 Å². The predicted octanol–water partition coefficient (Wildman–Crippen LogP) is 2.63. The fourth-order valence-corrected chi connectivity index (χ4v) is 1.64. The molecule has 1 rings (SSSR count). The van der Waals surface area contributed by atoms with Gasteiger partial charge in [0.1, 0.15) is 5.69 Å². The zero-order chi connectivity index (χ0) is 12.8. The molecular formula is C11H16N2O3S. The van der Waals surface area contributed by atoms with Gasteiger partial charge in [-0.1, -0.05) is 6.92 Å². The normalized spacial score (nSPS) is 12.2. The maximum absolute atomic E-state index is 10.8. The van der Waals surface area contributed by atoms with Crippen LogP contribution in [-0.2, 0) is 0 Å². The maximum atomic E-state index is 10.8. The number of pyridine rings is 1. The topological polar surface area (TPSA) is 65.3 Å². The number of hydrogen-bond donors (Lipinski definition) is 1. The van der Waals surface area contributed by atoms with E-state index in [1.54, 1.807) is 19.1 Å². The smallest absolute Gasteiger partial charge is 0.406 e. The first kappa shape index (κ1) is 13.8. The van der Waals surface area contributed by atoms with E-state index in [0.29, 0.717) is 24.0 Å². The van der Waals surface area contributed by atoms with Crippen molar-refractivity contribution < 1.29 is 9.66 Å². The molecule has 0 N–H and O–H groups in total. The molecule has 1 heterocycles. The van der Waals surface area contributed by atoms with E-state index in [1.165, 1.54) is 0 Å². The Morgan fingerprint density at radius 3 is 2.82 bits per heavy atom. The van der Waals surface area contributed by atoms with Gasteiger partial charge in [0.15, 0.2) is 0 Å². The molecule has 6 heteroatoms. The number of ether oxygens (including phenoxy) is 1. The van der Waals surface area contributed by atoms with Crippen LogP contribution in [0.25, 0.3) is 0 Å². The van der Waals surface area contributed by atoms with Gasteiger partial charge in [0.05, 0.1) is 6.61 Å². The second-order valence-electron chi connectivity index (χ2n) is 3.80. The lowest BCUT2D eigenvalue weighted by atomic mass is 10.1. The lowest BCUT2D eigenvalue weighted by Crippen LogP contribution is -2.13. The molecule has 1 aromatic heterocycles. The van der Waals surface area contributed by atoms with Gasteiger partial charge in [-0.3, -0.25) is 0 Å². The molecule has 0 spiro atoms. The molecule has 17 heavy (non-hydrogen) atoms. The average Bonchev–Trinajstić information content (AvgIpc) is 2.31. The average molecular weight is 256 g/mol. The number of nitro groups is 1. The number of aromatic nitrogens is 1. The summed E-state index contributed by atoms with van der Waals surface area (Å²) < 4.78 is 5.44. The summed E-state index contributed by atoms with van der Waals surface area (Å²) in [5.41, 5.74) is 0.602. The molecule has 1 unspecified atom stereocenters. The summed E-state index contributed by atoms with van der Waals surface area (Å²) in [6, 6.07) is 3.29. The van der Waals surface area contributed by atoms with Crippen molar-refractivity contribution >= 4 is 18.4 Å². The van der Waals surface area contributed by atoms with Gasteiger partial charge in [-0.2, -0.15) is 12.6 Å². The van der Waals surface area contributed by atoms with Crippen molar-refractivity contribution in [1.82, 2.24) is 4.98 Å². The molecule has 0 aliphatic rings. The second-order valence-corrected chi connectivity index (χ2v) is 4.16. The standard InChI is InChI=1S/C11H16N2O3S/c1-3-9(7-17)6-16-10-5-4-8(2)12-11(10)13(14)15/h4-5,9,17H,3,6-7H2,1-2H3. The van der Waals surface area contributed by atoms with Crippen LogP contribution in [0.15, 0.2) is 12.1 Å². The molecular weight excluding hydrogens is 240 g/mol. The fourth-order valence-electron chi connectivity index (χ4n) is 1.28. The Kier molecular flexibility index (Phi) is 5.21. The summed E-state index contributed by atoms with van der Waals surface area (Å²) in [6.07, 6.45) is 0.927. The number of nitrogens with zero attached hydrogens (tertiary/aromatic N) is 2. The van der Waals surface area contributed by atoms with Crippen molar-refractivity contribution in [2.45, 2.75) is 20.3 Å². The molecule has 0 bridgehead atoms. The zero-order valence-corrected chi connectivity index (χ0v) is 10.8. The molecule has 5 nitrogen and oxygen atoms in total. The predicted molar refractivity (Wildman–Crippen MR) is 68.8 cm³/mol. The quantitative estimate of drug-likeness (QED) is 0.483. The molecule has 0 aliphatic carbocycles. The van der Waals surface area contributed by atoms with Crippen molar-refractivity contribution in [3.05, 3.63) is 27.9 Å². The van der Waals surface area contributed by atoms with Crippen LogP contribution in [-0.4, -0.2) is 22.3 Å². The van der Waals surface area contributed by atoms with Crippen LogP contribution in [0.4, 0.5) is 5.82 Å². The summed E-state index contributed by atoms with van der Waals surface area (Å²) in [6.45, 7) is 4.16. The minimum Gasteiger partial charge on any atom is -0.485 e. The lowest BCUT2D eigenvalue weighted by molar-refractivity contribution is -0.390. The van der Waals surface area contributed by atoms with E-state index in [9.17, 15) is 10.1 Å². The Morgan fingerprint density at radius 1 is 1.59 bits per heavy atom. The summed E-state index contributed by atoms with van der Waals surface area (Å²) in [5.74, 6) is 0.989. The highest BCUT2D eigenvalue weighted by atomic mass is 32.1. The van der Waals surface area contributed by atoms with Gasteiger partial charge < -0.3 is 14.9 Å².